The monoisotopic (exact) mass is 374 g/mol. The molecule has 0 heterocycles. The van der Waals surface area contributed by atoms with Gasteiger partial charge in [-0.05, 0) is 39.0 Å². The fourth-order valence-electron chi connectivity index (χ4n) is 1.71. The molecule has 0 saturated heterocycles. The Hall–Kier alpha value is -2.49. The van der Waals surface area contributed by atoms with Crippen molar-refractivity contribution in [2.75, 3.05) is 24.1 Å². The van der Waals surface area contributed by atoms with Gasteiger partial charge < -0.3 is 19.9 Å². The fourth-order valence-corrected chi connectivity index (χ4v) is 2.29. The molecule has 0 spiro atoms. The quantitative estimate of drug-likeness (QED) is 0.619. The number of anilines is 1. The molecular formula is C15H22N2O7S. The number of ether oxygens (including phenoxy) is 2. The van der Waals surface area contributed by atoms with Crippen LogP contribution in [0, 0.1) is 0 Å². The van der Waals surface area contributed by atoms with Crippen LogP contribution in [0.3, 0.4) is 0 Å². The van der Waals surface area contributed by atoms with Crippen molar-refractivity contribution in [2.45, 2.75) is 26.4 Å². The summed E-state index contributed by atoms with van der Waals surface area (Å²) >= 11 is 0. The molecule has 1 aromatic carbocycles. The zero-order chi connectivity index (χ0) is 19.3. The number of rotatable bonds is 7. The van der Waals surface area contributed by atoms with Gasteiger partial charge in [-0.25, -0.2) is 18.0 Å². The van der Waals surface area contributed by atoms with E-state index in [9.17, 15) is 23.1 Å². The normalized spacial score (nSPS) is 11.5. The van der Waals surface area contributed by atoms with Crippen molar-refractivity contribution in [1.29, 1.82) is 0 Å². The number of sulfonamides is 1. The highest BCUT2D eigenvalue weighted by atomic mass is 32.2. The van der Waals surface area contributed by atoms with E-state index in [1.807, 2.05) is 0 Å². The number of aromatic carboxylic acids is 1. The Morgan fingerprint density at radius 2 is 1.88 bits per heavy atom. The van der Waals surface area contributed by atoms with Crippen LogP contribution in [-0.2, 0) is 14.8 Å². The highest BCUT2D eigenvalue weighted by Gasteiger charge is 2.16. The second kappa shape index (κ2) is 8.06. The first-order chi connectivity index (χ1) is 11.4. The number of carboxylic acids is 1. The van der Waals surface area contributed by atoms with Gasteiger partial charge in [0.2, 0.25) is 10.0 Å². The largest absolute Gasteiger partial charge is 0.492 e. The molecule has 0 aromatic heterocycles. The van der Waals surface area contributed by atoms with Crippen molar-refractivity contribution in [2.24, 2.45) is 0 Å². The van der Waals surface area contributed by atoms with E-state index in [4.69, 9.17) is 9.47 Å². The molecule has 1 rings (SSSR count). The Morgan fingerprint density at radius 3 is 2.40 bits per heavy atom. The van der Waals surface area contributed by atoms with Crippen LogP contribution in [0.2, 0.25) is 0 Å². The van der Waals surface area contributed by atoms with Gasteiger partial charge in [-0.2, -0.15) is 0 Å². The van der Waals surface area contributed by atoms with E-state index in [0.717, 1.165) is 6.26 Å². The first-order valence-electron chi connectivity index (χ1n) is 7.32. The smallest absolute Gasteiger partial charge is 0.407 e. The average Bonchev–Trinajstić information content (AvgIpc) is 2.41. The van der Waals surface area contributed by atoms with E-state index in [1.54, 1.807) is 20.8 Å². The van der Waals surface area contributed by atoms with E-state index in [-0.39, 0.29) is 30.2 Å². The van der Waals surface area contributed by atoms with Crippen LogP contribution in [0.25, 0.3) is 0 Å². The lowest BCUT2D eigenvalue weighted by Crippen LogP contribution is -2.34. The molecule has 140 valence electrons. The Morgan fingerprint density at radius 1 is 1.24 bits per heavy atom. The SMILES string of the molecule is CC(C)(C)OC(=O)NCCOc1ccc(NS(C)(=O)=O)c(C(=O)O)c1. The summed E-state index contributed by atoms with van der Waals surface area (Å²) in [5.74, 6) is -1.08. The maximum absolute atomic E-state index is 11.5. The predicted octanol–water partition coefficient (Wildman–Crippen LogP) is 1.66. The minimum atomic E-state index is -3.61. The maximum Gasteiger partial charge on any atom is 0.407 e. The molecule has 0 unspecified atom stereocenters. The summed E-state index contributed by atoms with van der Waals surface area (Å²) in [6, 6.07) is 3.91. The molecule has 10 heteroatoms. The number of carbonyl (C=O) groups is 2. The van der Waals surface area contributed by atoms with Crippen LogP contribution in [0.1, 0.15) is 31.1 Å². The molecule has 0 bridgehead atoms. The fraction of sp³-hybridized carbons (Fsp3) is 0.467. The Balaban J connectivity index is 2.64. The molecule has 0 aliphatic rings. The third-order valence-corrected chi connectivity index (χ3v) is 3.15. The summed E-state index contributed by atoms with van der Waals surface area (Å²) < 4.78 is 35.0. The lowest BCUT2D eigenvalue weighted by molar-refractivity contribution is 0.0520. The minimum Gasteiger partial charge on any atom is -0.492 e. The van der Waals surface area contributed by atoms with Crippen molar-refractivity contribution < 1.29 is 32.6 Å². The predicted molar refractivity (Wildman–Crippen MR) is 91.6 cm³/mol. The number of carbonyl (C=O) groups excluding carboxylic acids is 1. The standard InChI is InChI=1S/C15H22N2O7S/c1-15(2,3)24-14(20)16-7-8-23-10-5-6-12(17-25(4,21)22)11(9-10)13(18)19/h5-6,9,17H,7-8H2,1-4H3,(H,16,20)(H,18,19). The van der Waals surface area contributed by atoms with Gasteiger partial charge in [0.25, 0.3) is 0 Å². The summed E-state index contributed by atoms with van der Waals surface area (Å²) in [4.78, 5) is 22.7. The van der Waals surface area contributed by atoms with Gasteiger partial charge in [0.05, 0.1) is 24.1 Å². The number of hydrogen-bond donors (Lipinski definition) is 3. The summed E-state index contributed by atoms with van der Waals surface area (Å²) in [6.45, 7) is 5.45. The first-order valence-corrected chi connectivity index (χ1v) is 9.21. The molecular weight excluding hydrogens is 352 g/mol. The highest BCUT2D eigenvalue weighted by Crippen LogP contribution is 2.23. The van der Waals surface area contributed by atoms with E-state index < -0.39 is 27.7 Å². The average molecular weight is 374 g/mol. The number of benzene rings is 1. The Bertz CT molecular complexity index is 739. The molecule has 1 amide bonds. The zero-order valence-electron chi connectivity index (χ0n) is 14.5. The van der Waals surface area contributed by atoms with Crippen molar-refractivity contribution in [3.05, 3.63) is 23.8 Å². The lowest BCUT2D eigenvalue weighted by atomic mass is 10.2. The molecule has 0 aliphatic carbocycles. The third kappa shape index (κ3) is 8.25. The van der Waals surface area contributed by atoms with Crippen LogP contribution < -0.4 is 14.8 Å². The van der Waals surface area contributed by atoms with Crippen LogP contribution in [0.5, 0.6) is 5.75 Å². The van der Waals surface area contributed by atoms with Gasteiger partial charge >= 0.3 is 12.1 Å². The van der Waals surface area contributed by atoms with Crippen LogP contribution >= 0.6 is 0 Å². The van der Waals surface area contributed by atoms with Crippen molar-refractivity contribution in [3.8, 4) is 5.75 Å². The van der Waals surface area contributed by atoms with Crippen LogP contribution in [0.15, 0.2) is 18.2 Å². The Kier molecular flexibility index (Phi) is 6.63. The van der Waals surface area contributed by atoms with Gasteiger partial charge in [-0.15, -0.1) is 0 Å². The summed E-state index contributed by atoms with van der Waals surface area (Å²) in [6.07, 6.45) is 0.334. The van der Waals surface area contributed by atoms with Crippen molar-refractivity contribution >= 4 is 27.8 Å². The Labute approximate surface area is 146 Å². The number of alkyl carbamates (subject to hydrolysis) is 1. The molecule has 3 N–H and O–H groups in total. The molecule has 0 radical (unpaired) electrons. The second-order valence-corrected chi connectivity index (χ2v) is 7.91. The number of nitrogens with one attached hydrogen (secondary N) is 2. The third-order valence-electron chi connectivity index (χ3n) is 2.56. The summed E-state index contributed by atoms with van der Waals surface area (Å²) in [7, 11) is -3.61. The number of carboxylic acid groups (broad SMARTS) is 1. The molecule has 0 atom stereocenters. The molecule has 9 nitrogen and oxygen atoms in total. The molecule has 0 saturated carbocycles. The number of hydrogen-bond acceptors (Lipinski definition) is 6. The van der Waals surface area contributed by atoms with Gasteiger partial charge in [0.1, 0.15) is 18.0 Å². The molecule has 1 aromatic rings. The highest BCUT2D eigenvalue weighted by molar-refractivity contribution is 7.92. The van der Waals surface area contributed by atoms with E-state index >= 15 is 0 Å². The van der Waals surface area contributed by atoms with Crippen molar-refractivity contribution in [1.82, 2.24) is 5.32 Å². The minimum absolute atomic E-state index is 0.0609. The van der Waals surface area contributed by atoms with E-state index in [2.05, 4.69) is 10.0 Å². The topological polar surface area (TPSA) is 131 Å². The van der Waals surface area contributed by atoms with Gasteiger partial charge in [-0.1, -0.05) is 0 Å². The van der Waals surface area contributed by atoms with Gasteiger partial charge in [0.15, 0.2) is 0 Å². The summed E-state index contributed by atoms with van der Waals surface area (Å²) in [5.41, 5.74) is -0.915. The first kappa shape index (κ1) is 20.6. The lowest BCUT2D eigenvalue weighted by Gasteiger charge is -2.19. The second-order valence-electron chi connectivity index (χ2n) is 6.16. The van der Waals surface area contributed by atoms with Crippen LogP contribution in [-0.4, -0.2) is 50.6 Å². The van der Waals surface area contributed by atoms with Crippen molar-refractivity contribution in [3.63, 3.8) is 0 Å². The van der Waals surface area contributed by atoms with Gasteiger partial charge in [-0.3, -0.25) is 4.72 Å². The van der Waals surface area contributed by atoms with Crippen LogP contribution in [0.4, 0.5) is 10.5 Å². The maximum atomic E-state index is 11.5. The molecule has 25 heavy (non-hydrogen) atoms. The molecule has 0 fully saturated rings. The van der Waals surface area contributed by atoms with Gasteiger partial charge in [0, 0.05) is 0 Å². The van der Waals surface area contributed by atoms with E-state index in [1.165, 1.54) is 18.2 Å². The number of amides is 1. The summed E-state index contributed by atoms with van der Waals surface area (Å²) in [5, 5.41) is 11.7. The van der Waals surface area contributed by atoms with E-state index in [0.29, 0.717) is 0 Å². The zero-order valence-corrected chi connectivity index (χ0v) is 15.3. The molecule has 0 aliphatic heterocycles.